The fourth-order valence-electron chi connectivity index (χ4n) is 4.71. The summed E-state index contributed by atoms with van der Waals surface area (Å²) in [4.78, 5) is 2.49. The SMILES string of the molecule is OC(CN1CCC2(CC1)CNc1ccccc12)C1CCNCC1. The second-order valence-electron chi connectivity index (χ2n) is 7.63. The molecule has 126 valence electrons. The van der Waals surface area contributed by atoms with Gasteiger partial charge in [-0.3, -0.25) is 0 Å². The van der Waals surface area contributed by atoms with Crippen LogP contribution in [0, 0.1) is 5.92 Å². The maximum atomic E-state index is 10.6. The van der Waals surface area contributed by atoms with E-state index in [1.165, 1.54) is 24.1 Å². The number of hydrogen-bond acceptors (Lipinski definition) is 4. The van der Waals surface area contributed by atoms with Crippen molar-refractivity contribution in [2.75, 3.05) is 44.6 Å². The summed E-state index contributed by atoms with van der Waals surface area (Å²) < 4.78 is 0. The summed E-state index contributed by atoms with van der Waals surface area (Å²) in [5.74, 6) is 0.487. The first-order valence-electron chi connectivity index (χ1n) is 9.21. The van der Waals surface area contributed by atoms with E-state index in [0.717, 1.165) is 52.1 Å². The lowest BCUT2D eigenvalue weighted by Crippen LogP contribution is -2.48. The van der Waals surface area contributed by atoms with Crippen LogP contribution in [0.2, 0.25) is 0 Å². The second-order valence-corrected chi connectivity index (χ2v) is 7.63. The zero-order valence-electron chi connectivity index (χ0n) is 13.9. The number of nitrogens with one attached hydrogen (secondary N) is 2. The third kappa shape index (κ3) is 3.00. The van der Waals surface area contributed by atoms with Gasteiger partial charge in [-0.2, -0.15) is 0 Å². The van der Waals surface area contributed by atoms with Crippen molar-refractivity contribution >= 4 is 5.69 Å². The number of benzene rings is 1. The van der Waals surface area contributed by atoms with Crippen molar-refractivity contribution < 1.29 is 5.11 Å². The highest BCUT2D eigenvalue weighted by molar-refractivity contribution is 5.60. The van der Waals surface area contributed by atoms with Crippen molar-refractivity contribution in [3.63, 3.8) is 0 Å². The number of likely N-dealkylation sites (tertiary alicyclic amines) is 1. The van der Waals surface area contributed by atoms with Gasteiger partial charge in [-0.25, -0.2) is 0 Å². The molecule has 3 aliphatic heterocycles. The molecule has 23 heavy (non-hydrogen) atoms. The molecule has 0 aromatic heterocycles. The molecule has 1 unspecified atom stereocenters. The van der Waals surface area contributed by atoms with Crippen LogP contribution in [0.25, 0.3) is 0 Å². The zero-order chi connectivity index (χ0) is 15.7. The molecule has 0 saturated carbocycles. The fourth-order valence-corrected chi connectivity index (χ4v) is 4.71. The van der Waals surface area contributed by atoms with Crippen molar-refractivity contribution in [1.29, 1.82) is 0 Å². The van der Waals surface area contributed by atoms with Crippen molar-refractivity contribution in [3.05, 3.63) is 29.8 Å². The molecule has 1 atom stereocenters. The fraction of sp³-hybridized carbons (Fsp3) is 0.684. The Labute approximate surface area is 139 Å². The van der Waals surface area contributed by atoms with Gasteiger partial charge in [0.2, 0.25) is 0 Å². The third-order valence-corrected chi connectivity index (χ3v) is 6.30. The molecule has 2 fully saturated rings. The van der Waals surface area contributed by atoms with E-state index in [1.807, 2.05) is 0 Å². The molecule has 0 aliphatic carbocycles. The number of β-amino-alcohol motifs (C(OH)–C–C–N with tert-alkyl or cyclic N) is 1. The average Bonchev–Trinajstić information content (AvgIpc) is 2.97. The molecule has 0 radical (unpaired) electrons. The standard InChI is InChI=1S/C19H29N3O/c23-18(15-5-9-20-10-6-15)13-22-11-7-19(8-12-22)14-21-17-4-2-1-3-16(17)19/h1-4,15,18,20-21,23H,5-14H2. The van der Waals surface area contributed by atoms with Crippen LogP contribution in [-0.4, -0.2) is 55.4 Å². The van der Waals surface area contributed by atoms with E-state index in [1.54, 1.807) is 0 Å². The number of para-hydroxylation sites is 1. The number of aliphatic hydroxyl groups excluding tert-OH is 1. The van der Waals surface area contributed by atoms with Crippen LogP contribution < -0.4 is 10.6 Å². The molecule has 0 bridgehead atoms. The van der Waals surface area contributed by atoms with Gasteiger partial charge in [0.15, 0.2) is 0 Å². The molecule has 1 aromatic rings. The third-order valence-electron chi connectivity index (χ3n) is 6.30. The zero-order valence-corrected chi connectivity index (χ0v) is 13.9. The van der Waals surface area contributed by atoms with Crippen LogP contribution >= 0.6 is 0 Å². The number of aliphatic hydroxyl groups is 1. The Hall–Kier alpha value is -1.10. The van der Waals surface area contributed by atoms with Crippen molar-refractivity contribution in [2.24, 2.45) is 5.92 Å². The van der Waals surface area contributed by atoms with Gasteiger partial charge in [-0.1, -0.05) is 18.2 Å². The van der Waals surface area contributed by atoms with Crippen LogP contribution in [0.15, 0.2) is 24.3 Å². The second kappa shape index (κ2) is 6.42. The summed E-state index contributed by atoms with van der Waals surface area (Å²) >= 11 is 0. The number of fused-ring (bicyclic) bond motifs is 2. The first-order chi connectivity index (χ1) is 11.3. The largest absolute Gasteiger partial charge is 0.392 e. The summed E-state index contributed by atoms with van der Waals surface area (Å²) in [6.07, 6.45) is 4.50. The maximum absolute atomic E-state index is 10.6. The Morgan fingerprint density at radius 1 is 1.17 bits per heavy atom. The predicted octanol–water partition coefficient (Wildman–Crippen LogP) is 1.81. The van der Waals surface area contributed by atoms with E-state index in [9.17, 15) is 5.11 Å². The van der Waals surface area contributed by atoms with E-state index in [2.05, 4.69) is 39.8 Å². The van der Waals surface area contributed by atoms with E-state index in [0.29, 0.717) is 11.3 Å². The lowest BCUT2D eigenvalue weighted by Gasteiger charge is -2.41. The van der Waals surface area contributed by atoms with Crippen LogP contribution in [0.4, 0.5) is 5.69 Å². The predicted molar refractivity (Wildman–Crippen MR) is 93.9 cm³/mol. The summed E-state index contributed by atoms with van der Waals surface area (Å²) in [6, 6.07) is 8.79. The quantitative estimate of drug-likeness (QED) is 0.796. The maximum Gasteiger partial charge on any atom is 0.0696 e. The lowest BCUT2D eigenvalue weighted by molar-refractivity contribution is 0.0366. The van der Waals surface area contributed by atoms with Crippen LogP contribution in [0.5, 0.6) is 0 Å². The minimum Gasteiger partial charge on any atom is -0.392 e. The summed E-state index contributed by atoms with van der Waals surface area (Å²) in [6.45, 7) is 6.28. The molecule has 3 N–H and O–H groups in total. The van der Waals surface area contributed by atoms with Crippen molar-refractivity contribution in [3.8, 4) is 0 Å². The van der Waals surface area contributed by atoms with Crippen LogP contribution in [0.1, 0.15) is 31.2 Å². The Morgan fingerprint density at radius 2 is 1.91 bits per heavy atom. The highest BCUT2D eigenvalue weighted by Gasteiger charge is 2.41. The van der Waals surface area contributed by atoms with Gasteiger partial charge >= 0.3 is 0 Å². The van der Waals surface area contributed by atoms with Gasteiger partial charge in [0.1, 0.15) is 0 Å². The van der Waals surface area contributed by atoms with Gasteiger partial charge in [-0.05, 0) is 69.4 Å². The molecule has 2 saturated heterocycles. The highest BCUT2D eigenvalue weighted by Crippen LogP contribution is 2.43. The lowest BCUT2D eigenvalue weighted by atomic mass is 9.74. The van der Waals surface area contributed by atoms with Crippen molar-refractivity contribution in [1.82, 2.24) is 10.2 Å². The summed E-state index contributed by atoms with van der Waals surface area (Å²) in [5, 5.41) is 17.5. The molecule has 3 aliphatic rings. The summed E-state index contributed by atoms with van der Waals surface area (Å²) in [5.41, 5.74) is 3.17. The molecule has 0 amide bonds. The van der Waals surface area contributed by atoms with E-state index < -0.39 is 0 Å². The molecule has 4 rings (SSSR count). The normalized spacial score (nSPS) is 26.0. The molecular formula is C19H29N3O. The van der Waals surface area contributed by atoms with Gasteiger partial charge < -0.3 is 20.6 Å². The smallest absolute Gasteiger partial charge is 0.0696 e. The van der Waals surface area contributed by atoms with Gasteiger partial charge in [-0.15, -0.1) is 0 Å². The highest BCUT2D eigenvalue weighted by atomic mass is 16.3. The first kappa shape index (κ1) is 15.4. The van der Waals surface area contributed by atoms with E-state index in [4.69, 9.17) is 0 Å². The van der Waals surface area contributed by atoms with E-state index >= 15 is 0 Å². The molecular weight excluding hydrogens is 286 g/mol. The minimum atomic E-state index is -0.153. The molecule has 4 heteroatoms. The van der Waals surface area contributed by atoms with Crippen LogP contribution in [-0.2, 0) is 5.41 Å². The van der Waals surface area contributed by atoms with E-state index in [-0.39, 0.29) is 6.10 Å². The Kier molecular flexibility index (Phi) is 4.31. The number of nitrogens with zero attached hydrogens (tertiary/aromatic N) is 1. The number of hydrogen-bond donors (Lipinski definition) is 3. The number of rotatable bonds is 3. The Morgan fingerprint density at radius 3 is 2.70 bits per heavy atom. The molecule has 4 nitrogen and oxygen atoms in total. The van der Waals surface area contributed by atoms with Crippen LogP contribution in [0.3, 0.4) is 0 Å². The van der Waals surface area contributed by atoms with Gasteiger partial charge in [0.05, 0.1) is 6.10 Å². The van der Waals surface area contributed by atoms with Crippen molar-refractivity contribution in [2.45, 2.75) is 37.2 Å². The average molecular weight is 315 g/mol. The monoisotopic (exact) mass is 315 g/mol. The summed E-state index contributed by atoms with van der Waals surface area (Å²) in [7, 11) is 0. The molecule has 1 aromatic carbocycles. The Balaban J connectivity index is 1.35. The molecule has 1 spiro atoms. The van der Waals surface area contributed by atoms with Gasteiger partial charge in [0, 0.05) is 24.2 Å². The molecule has 3 heterocycles. The number of piperidine rings is 2. The minimum absolute atomic E-state index is 0.153. The van der Waals surface area contributed by atoms with Gasteiger partial charge in [0.25, 0.3) is 0 Å². The topological polar surface area (TPSA) is 47.5 Å². The Bertz CT molecular complexity index is 533. The first-order valence-corrected chi connectivity index (χ1v) is 9.21. The number of anilines is 1.